The van der Waals surface area contributed by atoms with Crippen LogP contribution in [-0.4, -0.2) is 11.8 Å². The Labute approximate surface area is 156 Å². The average Bonchev–Trinajstić information content (AvgIpc) is 2.77. The molecule has 128 valence electrons. The van der Waals surface area contributed by atoms with Crippen molar-refractivity contribution in [1.29, 1.82) is 0 Å². The SMILES string of the molecule is Cc1ccc(C)c(N2C(=O)C(Cl)=C(Nc3ccc(C)c(Cl)c3)C2=O)c1. The molecule has 0 aromatic heterocycles. The molecule has 1 aliphatic heterocycles. The lowest BCUT2D eigenvalue weighted by molar-refractivity contribution is -0.120. The zero-order valence-electron chi connectivity index (χ0n) is 14.0. The summed E-state index contributed by atoms with van der Waals surface area (Å²) in [4.78, 5) is 26.5. The number of nitrogens with zero attached hydrogens (tertiary/aromatic N) is 1. The number of amides is 2. The average molecular weight is 375 g/mol. The van der Waals surface area contributed by atoms with Crippen LogP contribution in [-0.2, 0) is 9.59 Å². The van der Waals surface area contributed by atoms with E-state index in [1.54, 1.807) is 18.2 Å². The van der Waals surface area contributed by atoms with Crippen LogP contribution in [0.1, 0.15) is 16.7 Å². The standard InChI is InChI=1S/C19H16Cl2N2O2/c1-10-4-5-12(3)15(8-10)23-18(24)16(21)17(19(23)25)22-13-7-6-11(2)14(20)9-13/h4-9,22H,1-3H3. The van der Waals surface area contributed by atoms with Crippen molar-refractivity contribution in [2.75, 3.05) is 10.2 Å². The third kappa shape index (κ3) is 3.15. The summed E-state index contributed by atoms with van der Waals surface area (Å²) < 4.78 is 0. The van der Waals surface area contributed by atoms with Gasteiger partial charge < -0.3 is 5.32 Å². The first-order valence-electron chi connectivity index (χ1n) is 7.68. The Kier molecular flexibility index (Phi) is 4.58. The van der Waals surface area contributed by atoms with E-state index < -0.39 is 11.8 Å². The molecule has 0 spiro atoms. The Hall–Kier alpha value is -2.30. The summed E-state index contributed by atoms with van der Waals surface area (Å²) in [7, 11) is 0. The first-order valence-corrected chi connectivity index (χ1v) is 8.44. The summed E-state index contributed by atoms with van der Waals surface area (Å²) in [5.41, 5.74) is 3.85. The highest BCUT2D eigenvalue weighted by Crippen LogP contribution is 2.33. The minimum atomic E-state index is -0.541. The molecule has 0 unspecified atom stereocenters. The van der Waals surface area contributed by atoms with Gasteiger partial charge in [0.1, 0.15) is 10.7 Å². The number of rotatable bonds is 3. The van der Waals surface area contributed by atoms with E-state index in [1.807, 2.05) is 39.0 Å². The Morgan fingerprint density at radius 2 is 1.56 bits per heavy atom. The van der Waals surface area contributed by atoms with Crippen molar-refractivity contribution in [3.05, 3.63) is 68.8 Å². The molecule has 0 atom stereocenters. The van der Waals surface area contributed by atoms with Crippen LogP contribution in [0.3, 0.4) is 0 Å². The molecule has 0 bridgehead atoms. The smallest absolute Gasteiger partial charge is 0.283 e. The number of imide groups is 1. The minimum absolute atomic E-state index is 0.0486. The maximum Gasteiger partial charge on any atom is 0.283 e. The van der Waals surface area contributed by atoms with Crippen LogP contribution in [0.5, 0.6) is 0 Å². The monoisotopic (exact) mass is 374 g/mol. The number of aryl methyl sites for hydroxylation is 3. The molecule has 2 aromatic rings. The molecular weight excluding hydrogens is 359 g/mol. The second-order valence-electron chi connectivity index (χ2n) is 6.01. The number of nitrogens with one attached hydrogen (secondary N) is 1. The molecule has 1 N–H and O–H groups in total. The Morgan fingerprint density at radius 1 is 0.880 bits per heavy atom. The first-order chi connectivity index (χ1) is 11.8. The zero-order valence-corrected chi connectivity index (χ0v) is 15.5. The van der Waals surface area contributed by atoms with Crippen molar-refractivity contribution in [2.45, 2.75) is 20.8 Å². The maximum absolute atomic E-state index is 12.8. The summed E-state index contributed by atoms with van der Waals surface area (Å²) in [5.74, 6) is -1.03. The lowest BCUT2D eigenvalue weighted by Gasteiger charge is -2.18. The molecule has 0 radical (unpaired) electrons. The zero-order chi connectivity index (χ0) is 18.3. The van der Waals surface area contributed by atoms with Crippen molar-refractivity contribution in [3.8, 4) is 0 Å². The van der Waals surface area contributed by atoms with Gasteiger partial charge >= 0.3 is 0 Å². The molecule has 2 aromatic carbocycles. The largest absolute Gasteiger partial charge is 0.350 e. The van der Waals surface area contributed by atoms with Crippen molar-refractivity contribution in [3.63, 3.8) is 0 Å². The predicted molar refractivity (Wildman–Crippen MR) is 101 cm³/mol. The normalized spacial score (nSPS) is 14.5. The second kappa shape index (κ2) is 6.54. The summed E-state index contributed by atoms with van der Waals surface area (Å²) in [6.07, 6.45) is 0. The van der Waals surface area contributed by atoms with Crippen LogP contribution in [0.2, 0.25) is 5.02 Å². The molecule has 25 heavy (non-hydrogen) atoms. The van der Waals surface area contributed by atoms with Gasteiger partial charge in [-0.15, -0.1) is 0 Å². The molecule has 0 saturated carbocycles. The van der Waals surface area contributed by atoms with Crippen molar-refractivity contribution < 1.29 is 9.59 Å². The molecule has 4 nitrogen and oxygen atoms in total. The molecule has 6 heteroatoms. The van der Waals surface area contributed by atoms with Gasteiger partial charge in [0, 0.05) is 10.7 Å². The lowest BCUT2D eigenvalue weighted by Crippen LogP contribution is -2.32. The van der Waals surface area contributed by atoms with Crippen LogP contribution in [0, 0.1) is 20.8 Å². The summed E-state index contributed by atoms with van der Waals surface area (Å²) in [6.45, 7) is 5.62. The van der Waals surface area contributed by atoms with Crippen LogP contribution in [0.4, 0.5) is 11.4 Å². The highest BCUT2D eigenvalue weighted by molar-refractivity contribution is 6.53. The summed E-state index contributed by atoms with van der Waals surface area (Å²) >= 11 is 12.3. The molecule has 0 fully saturated rings. The summed E-state index contributed by atoms with van der Waals surface area (Å²) in [5, 5.41) is 3.35. The quantitative estimate of drug-likeness (QED) is 0.791. The van der Waals surface area contributed by atoms with E-state index in [1.165, 1.54) is 0 Å². The van der Waals surface area contributed by atoms with Gasteiger partial charge in [-0.3, -0.25) is 9.59 Å². The van der Waals surface area contributed by atoms with Crippen LogP contribution in [0.15, 0.2) is 47.1 Å². The van der Waals surface area contributed by atoms with E-state index in [0.717, 1.165) is 21.6 Å². The van der Waals surface area contributed by atoms with E-state index >= 15 is 0 Å². The molecule has 3 rings (SSSR count). The van der Waals surface area contributed by atoms with Crippen molar-refractivity contribution >= 4 is 46.4 Å². The third-order valence-corrected chi connectivity index (χ3v) is 4.83. The lowest BCUT2D eigenvalue weighted by atomic mass is 10.1. The van der Waals surface area contributed by atoms with E-state index in [9.17, 15) is 9.59 Å². The van der Waals surface area contributed by atoms with Gasteiger partial charge in [0.15, 0.2) is 0 Å². The highest BCUT2D eigenvalue weighted by atomic mass is 35.5. The predicted octanol–water partition coefficient (Wildman–Crippen LogP) is 4.70. The highest BCUT2D eigenvalue weighted by Gasteiger charge is 2.39. The van der Waals surface area contributed by atoms with E-state index in [4.69, 9.17) is 23.2 Å². The Morgan fingerprint density at radius 3 is 2.24 bits per heavy atom. The maximum atomic E-state index is 12.8. The van der Waals surface area contributed by atoms with Crippen LogP contribution >= 0.6 is 23.2 Å². The molecule has 1 aliphatic rings. The summed E-state index contributed by atoms with van der Waals surface area (Å²) in [6, 6.07) is 10.9. The first kappa shape index (κ1) is 17.5. The van der Waals surface area contributed by atoms with Gasteiger partial charge in [0.2, 0.25) is 0 Å². The number of benzene rings is 2. The van der Waals surface area contributed by atoms with Crippen LogP contribution < -0.4 is 10.2 Å². The number of hydrogen-bond donors (Lipinski definition) is 1. The van der Waals surface area contributed by atoms with Gasteiger partial charge in [0.25, 0.3) is 11.8 Å². The second-order valence-corrected chi connectivity index (χ2v) is 6.80. The van der Waals surface area contributed by atoms with Gasteiger partial charge in [-0.1, -0.05) is 41.4 Å². The topological polar surface area (TPSA) is 49.4 Å². The number of carbonyl (C=O) groups is 2. The van der Waals surface area contributed by atoms with Crippen molar-refractivity contribution in [2.24, 2.45) is 0 Å². The van der Waals surface area contributed by atoms with E-state index in [-0.39, 0.29) is 10.7 Å². The molecule has 0 aliphatic carbocycles. The van der Waals surface area contributed by atoms with E-state index in [0.29, 0.717) is 16.4 Å². The number of carbonyl (C=O) groups excluding carboxylic acids is 2. The molecule has 1 heterocycles. The Balaban J connectivity index is 1.96. The number of anilines is 2. The minimum Gasteiger partial charge on any atom is -0.350 e. The van der Waals surface area contributed by atoms with Gasteiger partial charge in [-0.2, -0.15) is 0 Å². The Bertz CT molecular complexity index is 935. The fourth-order valence-electron chi connectivity index (χ4n) is 2.61. The van der Waals surface area contributed by atoms with Crippen molar-refractivity contribution in [1.82, 2.24) is 0 Å². The number of halogens is 2. The molecular formula is C19H16Cl2N2O2. The fraction of sp³-hybridized carbons (Fsp3) is 0.158. The van der Waals surface area contributed by atoms with Gasteiger partial charge in [-0.25, -0.2) is 4.90 Å². The van der Waals surface area contributed by atoms with Gasteiger partial charge in [-0.05, 0) is 55.7 Å². The molecule has 2 amide bonds. The van der Waals surface area contributed by atoms with Gasteiger partial charge in [0.05, 0.1) is 5.69 Å². The fourth-order valence-corrected chi connectivity index (χ4v) is 3.00. The van der Waals surface area contributed by atoms with E-state index in [2.05, 4.69) is 5.32 Å². The van der Waals surface area contributed by atoms with Crippen LogP contribution in [0.25, 0.3) is 0 Å². The molecule has 0 saturated heterocycles. The number of hydrogen-bond acceptors (Lipinski definition) is 3. The third-order valence-electron chi connectivity index (χ3n) is 4.07.